The number of nitrogens with one attached hydrogen (secondary N) is 2. The van der Waals surface area contributed by atoms with E-state index < -0.39 is 17.6 Å². The fourth-order valence-electron chi connectivity index (χ4n) is 2.46. The first-order valence-electron chi connectivity index (χ1n) is 7.94. The van der Waals surface area contributed by atoms with Crippen molar-refractivity contribution in [2.45, 2.75) is 6.92 Å². The summed E-state index contributed by atoms with van der Waals surface area (Å²) < 4.78 is 13.6. The van der Waals surface area contributed by atoms with E-state index in [-0.39, 0.29) is 5.56 Å². The van der Waals surface area contributed by atoms with Crippen LogP contribution in [0.25, 0.3) is 11.3 Å². The lowest BCUT2D eigenvalue weighted by Crippen LogP contribution is -2.42. The van der Waals surface area contributed by atoms with Crippen molar-refractivity contribution in [3.8, 4) is 11.3 Å². The Morgan fingerprint density at radius 1 is 0.808 bits per heavy atom. The summed E-state index contributed by atoms with van der Waals surface area (Å²) in [5.74, 6) is -1.92. The second-order valence-corrected chi connectivity index (χ2v) is 5.58. The summed E-state index contributed by atoms with van der Waals surface area (Å²) in [6, 6.07) is 18.5. The van der Waals surface area contributed by atoms with E-state index in [1.54, 1.807) is 19.1 Å². The summed E-state index contributed by atoms with van der Waals surface area (Å²) >= 11 is 0. The van der Waals surface area contributed by atoms with E-state index in [2.05, 4.69) is 15.8 Å². The Balaban J connectivity index is 1.70. The molecule has 0 unspecified atom stereocenters. The van der Waals surface area contributed by atoms with Crippen LogP contribution in [-0.2, 0) is 0 Å². The number of carbonyl (C=O) groups excluding carboxylic acids is 2. The van der Waals surface area contributed by atoms with Gasteiger partial charge in [0.15, 0.2) is 0 Å². The number of hydrazine groups is 1. The largest absolute Gasteiger partial charge is 0.272 e. The van der Waals surface area contributed by atoms with Gasteiger partial charge in [-0.05, 0) is 31.2 Å². The number of pyridine rings is 1. The first-order valence-corrected chi connectivity index (χ1v) is 7.94. The Hall–Kier alpha value is -3.54. The summed E-state index contributed by atoms with van der Waals surface area (Å²) in [6.07, 6.45) is 0. The topological polar surface area (TPSA) is 71.1 Å². The molecule has 26 heavy (non-hydrogen) atoms. The maximum atomic E-state index is 13.6. The number of hydrogen-bond acceptors (Lipinski definition) is 3. The first kappa shape index (κ1) is 17.3. The second-order valence-electron chi connectivity index (χ2n) is 5.58. The molecule has 0 spiro atoms. The summed E-state index contributed by atoms with van der Waals surface area (Å²) in [4.78, 5) is 28.6. The van der Waals surface area contributed by atoms with Gasteiger partial charge < -0.3 is 0 Å². The molecule has 0 aliphatic carbocycles. The standard InChI is InChI=1S/C20H16FN3O2/c1-13-15(11-12-18(22-13)14-7-3-2-4-8-14)19(25)23-24-20(26)16-9-5-6-10-17(16)21/h2-12H,1H3,(H,23,25)(H,24,26). The number of rotatable bonds is 3. The Morgan fingerprint density at radius 2 is 1.42 bits per heavy atom. The molecule has 3 aromatic rings. The molecule has 0 saturated heterocycles. The average Bonchev–Trinajstić information content (AvgIpc) is 2.67. The van der Waals surface area contributed by atoms with E-state index in [0.717, 1.165) is 11.3 Å². The molecule has 1 heterocycles. The minimum absolute atomic E-state index is 0.151. The van der Waals surface area contributed by atoms with Crippen molar-refractivity contribution >= 4 is 11.8 Å². The van der Waals surface area contributed by atoms with Crippen LogP contribution in [0.3, 0.4) is 0 Å². The molecule has 0 bridgehead atoms. The fourth-order valence-corrected chi connectivity index (χ4v) is 2.46. The number of carbonyl (C=O) groups is 2. The van der Waals surface area contributed by atoms with Crippen molar-refractivity contribution in [1.29, 1.82) is 0 Å². The maximum absolute atomic E-state index is 13.6. The van der Waals surface area contributed by atoms with Crippen molar-refractivity contribution in [2.75, 3.05) is 0 Å². The second kappa shape index (κ2) is 7.57. The van der Waals surface area contributed by atoms with Gasteiger partial charge >= 0.3 is 0 Å². The maximum Gasteiger partial charge on any atom is 0.272 e. The quantitative estimate of drug-likeness (QED) is 0.713. The minimum atomic E-state index is -0.733. The summed E-state index contributed by atoms with van der Waals surface area (Å²) in [7, 11) is 0. The lowest BCUT2D eigenvalue weighted by atomic mass is 10.1. The molecule has 2 amide bonds. The van der Waals surface area contributed by atoms with Crippen molar-refractivity contribution in [1.82, 2.24) is 15.8 Å². The van der Waals surface area contributed by atoms with Crippen LogP contribution in [0.1, 0.15) is 26.4 Å². The number of halogens is 1. The highest BCUT2D eigenvalue weighted by Crippen LogP contribution is 2.18. The Morgan fingerprint density at radius 3 is 2.08 bits per heavy atom. The highest BCUT2D eigenvalue weighted by atomic mass is 19.1. The highest BCUT2D eigenvalue weighted by Gasteiger charge is 2.14. The van der Waals surface area contributed by atoms with Crippen molar-refractivity contribution < 1.29 is 14.0 Å². The third kappa shape index (κ3) is 3.75. The molecule has 0 radical (unpaired) electrons. The van der Waals surface area contributed by atoms with Crippen LogP contribution < -0.4 is 10.9 Å². The Labute approximate surface area is 149 Å². The molecule has 130 valence electrons. The molecule has 2 N–H and O–H groups in total. The number of hydrogen-bond donors (Lipinski definition) is 2. The van der Waals surface area contributed by atoms with Crippen LogP contribution in [-0.4, -0.2) is 16.8 Å². The highest BCUT2D eigenvalue weighted by molar-refractivity contribution is 5.99. The average molecular weight is 349 g/mol. The molecule has 3 rings (SSSR count). The van der Waals surface area contributed by atoms with Gasteiger partial charge in [0.2, 0.25) is 0 Å². The van der Waals surface area contributed by atoms with E-state index >= 15 is 0 Å². The van der Waals surface area contributed by atoms with Crippen LogP contribution in [0.5, 0.6) is 0 Å². The molecule has 0 aliphatic rings. The molecule has 0 aliphatic heterocycles. The van der Waals surface area contributed by atoms with E-state index in [4.69, 9.17) is 0 Å². The molecular weight excluding hydrogens is 333 g/mol. The van der Waals surface area contributed by atoms with Crippen LogP contribution in [0.15, 0.2) is 66.7 Å². The molecule has 1 aromatic heterocycles. The number of benzene rings is 2. The third-order valence-corrected chi connectivity index (χ3v) is 3.81. The summed E-state index contributed by atoms with van der Waals surface area (Å²) in [5.41, 5.74) is 6.86. The van der Waals surface area contributed by atoms with Gasteiger partial charge in [0, 0.05) is 5.56 Å². The Kier molecular flexibility index (Phi) is 5.03. The van der Waals surface area contributed by atoms with Crippen LogP contribution in [0.4, 0.5) is 4.39 Å². The van der Waals surface area contributed by atoms with Gasteiger partial charge in [-0.1, -0.05) is 42.5 Å². The van der Waals surface area contributed by atoms with Gasteiger partial charge in [-0.25, -0.2) is 4.39 Å². The number of aromatic nitrogens is 1. The summed E-state index contributed by atoms with van der Waals surface area (Å²) in [6.45, 7) is 1.71. The fraction of sp³-hybridized carbons (Fsp3) is 0.0500. The zero-order valence-electron chi connectivity index (χ0n) is 14.0. The molecule has 0 atom stereocenters. The number of aryl methyl sites for hydroxylation is 1. The van der Waals surface area contributed by atoms with Gasteiger partial charge in [-0.3, -0.25) is 25.4 Å². The third-order valence-electron chi connectivity index (χ3n) is 3.81. The molecule has 0 fully saturated rings. The molecule has 5 nitrogen and oxygen atoms in total. The summed E-state index contributed by atoms with van der Waals surface area (Å²) in [5, 5.41) is 0. The lowest BCUT2D eigenvalue weighted by molar-refractivity contribution is 0.0843. The zero-order chi connectivity index (χ0) is 18.5. The van der Waals surface area contributed by atoms with Crippen LogP contribution in [0.2, 0.25) is 0 Å². The van der Waals surface area contributed by atoms with Gasteiger partial charge in [0.1, 0.15) is 5.82 Å². The Bertz CT molecular complexity index is 958. The van der Waals surface area contributed by atoms with Gasteiger partial charge in [0.05, 0.1) is 22.5 Å². The SMILES string of the molecule is Cc1nc(-c2ccccc2)ccc1C(=O)NNC(=O)c1ccccc1F. The van der Waals surface area contributed by atoms with Gasteiger partial charge in [-0.2, -0.15) is 0 Å². The smallest absolute Gasteiger partial charge is 0.267 e. The van der Waals surface area contributed by atoms with E-state index in [0.29, 0.717) is 11.3 Å². The number of amides is 2. The van der Waals surface area contributed by atoms with Crippen LogP contribution in [0, 0.1) is 12.7 Å². The van der Waals surface area contributed by atoms with Crippen molar-refractivity contribution in [3.05, 3.63) is 89.4 Å². The normalized spacial score (nSPS) is 10.2. The number of nitrogens with zero attached hydrogens (tertiary/aromatic N) is 1. The molecule has 6 heteroatoms. The first-order chi connectivity index (χ1) is 12.6. The zero-order valence-corrected chi connectivity index (χ0v) is 14.0. The van der Waals surface area contributed by atoms with Gasteiger partial charge in [-0.15, -0.1) is 0 Å². The van der Waals surface area contributed by atoms with Crippen molar-refractivity contribution in [2.24, 2.45) is 0 Å². The monoisotopic (exact) mass is 349 g/mol. The van der Waals surface area contributed by atoms with E-state index in [9.17, 15) is 14.0 Å². The van der Waals surface area contributed by atoms with E-state index in [1.807, 2.05) is 30.3 Å². The van der Waals surface area contributed by atoms with Crippen LogP contribution >= 0.6 is 0 Å². The van der Waals surface area contributed by atoms with Gasteiger partial charge in [0.25, 0.3) is 11.8 Å². The predicted molar refractivity (Wildman–Crippen MR) is 95.7 cm³/mol. The predicted octanol–water partition coefficient (Wildman–Crippen LogP) is 3.27. The minimum Gasteiger partial charge on any atom is -0.267 e. The molecular formula is C20H16FN3O2. The van der Waals surface area contributed by atoms with E-state index in [1.165, 1.54) is 24.3 Å². The van der Waals surface area contributed by atoms with Crippen molar-refractivity contribution in [3.63, 3.8) is 0 Å². The molecule has 0 saturated carbocycles. The lowest BCUT2D eigenvalue weighted by Gasteiger charge is -2.10. The molecule has 2 aromatic carbocycles.